The molecule has 90 valence electrons. The first-order valence-corrected chi connectivity index (χ1v) is 7.16. The summed E-state index contributed by atoms with van der Waals surface area (Å²) in [5.41, 5.74) is 2.42. The standard InChI is InChI=1S/C14H18N2S/c1-9-3-6-12-13(7-9)17-14(16-12)15-10(2)8-11-4-5-11/h3,6-7,10-11H,4-5,8H2,1-2H3,(H,15,16). The molecule has 0 aliphatic heterocycles. The van der Waals surface area contributed by atoms with Crippen molar-refractivity contribution in [2.24, 2.45) is 5.92 Å². The highest BCUT2D eigenvalue weighted by atomic mass is 32.1. The normalized spacial score (nSPS) is 17.3. The smallest absolute Gasteiger partial charge is 0.183 e. The maximum absolute atomic E-state index is 4.63. The fraction of sp³-hybridized carbons (Fsp3) is 0.500. The fourth-order valence-corrected chi connectivity index (χ4v) is 3.29. The molecule has 1 saturated carbocycles. The van der Waals surface area contributed by atoms with E-state index in [1.165, 1.54) is 29.5 Å². The largest absolute Gasteiger partial charge is 0.359 e. The Morgan fingerprint density at radius 2 is 2.29 bits per heavy atom. The van der Waals surface area contributed by atoms with Crippen LogP contribution in [0.2, 0.25) is 0 Å². The summed E-state index contributed by atoms with van der Waals surface area (Å²) in [5, 5.41) is 4.60. The highest BCUT2D eigenvalue weighted by molar-refractivity contribution is 7.22. The van der Waals surface area contributed by atoms with Crippen LogP contribution in [0.4, 0.5) is 5.13 Å². The van der Waals surface area contributed by atoms with Crippen LogP contribution < -0.4 is 5.32 Å². The Morgan fingerprint density at radius 3 is 3.06 bits per heavy atom. The number of benzene rings is 1. The Bertz CT molecular complexity index is 528. The van der Waals surface area contributed by atoms with Crippen molar-refractivity contribution >= 4 is 26.7 Å². The van der Waals surface area contributed by atoms with Crippen molar-refractivity contribution in [1.82, 2.24) is 4.98 Å². The quantitative estimate of drug-likeness (QED) is 0.874. The third-order valence-electron chi connectivity index (χ3n) is 3.30. The molecule has 1 heterocycles. The molecule has 1 aliphatic rings. The molecule has 1 aliphatic carbocycles. The number of rotatable bonds is 4. The molecule has 0 radical (unpaired) electrons. The van der Waals surface area contributed by atoms with Gasteiger partial charge in [-0.2, -0.15) is 0 Å². The average Bonchev–Trinajstić information content (AvgIpc) is 2.97. The van der Waals surface area contributed by atoms with Crippen molar-refractivity contribution in [3.63, 3.8) is 0 Å². The molecule has 1 aromatic carbocycles. The Morgan fingerprint density at radius 1 is 1.47 bits per heavy atom. The average molecular weight is 246 g/mol. The molecule has 0 bridgehead atoms. The summed E-state index contributed by atoms with van der Waals surface area (Å²) in [6.07, 6.45) is 4.13. The molecule has 3 heteroatoms. The zero-order valence-corrected chi connectivity index (χ0v) is 11.2. The van der Waals surface area contributed by atoms with Gasteiger partial charge in [0, 0.05) is 6.04 Å². The summed E-state index contributed by atoms with van der Waals surface area (Å²) in [6.45, 7) is 4.39. The van der Waals surface area contributed by atoms with Gasteiger partial charge in [0.25, 0.3) is 0 Å². The predicted molar refractivity (Wildman–Crippen MR) is 74.8 cm³/mol. The molecule has 1 N–H and O–H groups in total. The summed E-state index contributed by atoms with van der Waals surface area (Å²) in [5.74, 6) is 0.967. The predicted octanol–water partition coefficient (Wildman–Crippen LogP) is 4.21. The third kappa shape index (κ3) is 2.60. The molecular weight excluding hydrogens is 228 g/mol. The zero-order chi connectivity index (χ0) is 11.8. The Hall–Kier alpha value is -1.09. The second kappa shape index (κ2) is 4.30. The SMILES string of the molecule is Cc1ccc2nc(NC(C)CC3CC3)sc2c1. The van der Waals surface area contributed by atoms with Gasteiger partial charge in [-0.3, -0.25) is 0 Å². The van der Waals surface area contributed by atoms with Crippen molar-refractivity contribution in [3.05, 3.63) is 23.8 Å². The van der Waals surface area contributed by atoms with Crippen LogP contribution in [0.5, 0.6) is 0 Å². The van der Waals surface area contributed by atoms with Crippen LogP contribution in [0.15, 0.2) is 18.2 Å². The van der Waals surface area contributed by atoms with Crippen LogP contribution in [-0.4, -0.2) is 11.0 Å². The second-order valence-corrected chi connectivity index (χ2v) is 6.25. The van der Waals surface area contributed by atoms with Gasteiger partial charge in [-0.25, -0.2) is 4.98 Å². The van der Waals surface area contributed by atoms with Crippen LogP contribution in [0.1, 0.15) is 31.7 Å². The van der Waals surface area contributed by atoms with Crippen molar-refractivity contribution in [2.75, 3.05) is 5.32 Å². The second-order valence-electron chi connectivity index (χ2n) is 5.21. The van der Waals surface area contributed by atoms with E-state index in [1.807, 2.05) is 0 Å². The lowest BCUT2D eigenvalue weighted by Gasteiger charge is -2.11. The number of hydrogen-bond acceptors (Lipinski definition) is 3. The van der Waals surface area contributed by atoms with Gasteiger partial charge in [0.1, 0.15) is 0 Å². The minimum Gasteiger partial charge on any atom is -0.359 e. The van der Waals surface area contributed by atoms with Gasteiger partial charge in [0.2, 0.25) is 0 Å². The maximum atomic E-state index is 4.63. The first-order valence-electron chi connectivity index (χ1n) is 6.34. The lowest BCUT2D eigenvalue weighted by atomic mass is 10.2. The molecule has 1 fully saturated rings. The number of anilines is 1. The van der Waals surface area contributed by atoms with E-state index in [1.54, 1.807) is 11.3 Å². The molecular formula is C14H18N2S. The maximum Gasteiger partial charge on any atom is 0.183 e. The van der Waals surface area contributed by atoms with Crippen LogP contribution >= 0.6 is 11.3 Å². The van der Waals surface area contributed by atoms with Gasteiger partial charge in [0.15, 0.2) is 5.13 Å². The summed E-state index contributed by atoms with van der Waals surface area (Å²) in [4.78, 5) is 4.63. The summed E-state index contributed by atoms with van der Waals surface area (Å²) < 4.78 is 1.28. The van der Waals surface area contributed by atoms with E-state index in [4.69, 9.17) is 0 Å². The summed E-state index contributed by atoms with van der Waals surface area (Å²) in [6, 6.07) is 6.99. The molecule has 17 heavy (non-hydrogen) atoms. The van der Waals surface area contributed by atoms with Crippen molar-refractivity contribution in [3.8, 4) is 0 Å². The number of aryl methyl sites for hydroxylation is 1. The fourth-order valence-electron chi connectivity index (χ4n) is 2.22. The molecule has 2 aromatic rings. The van der Waals surface area contributed by atoms with Gasteiger partial charge in [-0.05, 0) is 43.9 Å². The van der Waals surface area contributed by atoms with E-state index in [0.717, 1.165) is 16.6 Å². The Balaban J connectivity index is 1.75. The van der Waals surface area contributed by atoms with Gasteiger partial charge in [-0.1, -0.05) is 30.2 Å². The monoisotopic (exact) mass is 246 g/mol. The Kier molecular flexibility index (Phi) is 2.79. The van der Waals surface area contributed by atoms with Gasteiger partial charge in [0.05, 0.1) is 10.2 Å². The topological polar surface area (TPSA) is 24.9 Å². The first kappa shape index (κ1) is 11.0. The molecule has 1 aromatic heterocycles. The number of nitrogens with zero attached hydrogens (tertiary/aromatic N) is 1. The lowest BCUT2D eigenvalue weighted by molar-refractivity contribution is 0.642. The summed E-state index contributed by atoms with van der Waals surface area (Å²) in [7, 11) is 0. The van der Waals surface area contributed by atoms with E-state index in [0.29, 0.717) is 6.04 Å². The Labute approximate surface area is 106 Å². The minimum atomic E-state index is 0.546. The van der Waals surface area contributed by atoms with Crippen molar-refractivity contribution < 1.29 is 0 Å². The number of hydrogen-bond donors (Lipinski definition) is 1. The minimum absolute atomic E-state index is 0.546. The van der Waals surface area contributed by atoms with Crippen LogP contribution in [0, 0.1) is 12.8 Å². The van der Waals surface area contributed by atoms with Crippen LogP contribution in [0.25, 0.3) is 10.2 Å². The lowest BCUT2D eigenvalue weighted by Crippen LogP contribution is -2.15. The third-order valence-corrected chi connectivity index (χ3v) is 4.25. The van der Waals surface area contributed by atoms with Crippen molar-refractivity contribution in [2.45, 2.75) is 39.2 Å². The van der Waals surface area contributed by atoms with E-state index in [-0.39, 0.29) is 0 Å². The number of fused-ring (bicyclic) bond motifs is 1. The van der Waals surface area contributed by atoms with E-state index in [9.17, 15) is 0 Å². The summed E-state index contributed by atoms with van der Waals surface area (Å²) >= 11 is 1.77. The molecule has 0 amide bonds. The van der Waals surface area contributed by atoms with E-state index in [2.05, 4.69) is 42.3 Å². The van der Waals surface area contributed by atoms with Crippen LogP contribution in [0.3, 0.4) is 0 Å². The highest BCUT2D eigenvalue weighted by Gasteiger charge is 2.23. The van der Waals surface area contributed by atoms with E-state index < -0.39 is 0 Å². The molecule has 2 nitrogen and oxygen atoms in total. The van der Waals surface area contributed by atoms with Gasteiger partial charge >= 0.3 is 0 Å². The van der Waals surface area contributed by atoms with Crippen LogP contribution in [-0.2, 0) is 0 Å². The number of aromatic nitrogens is 1. The number of thiazole rings is 1. The molecule has 3 rings (SSSR count). The molecule has 0 spiro atoms. The van der Waals surface area contributed by atoms with E-state index >= 15 is 0 Å². The van der Waals surface area contributed by atoms with Gasteiger partial charge in [-0.15, -0.1) is 0 Å². The number of nitrogens with one attached hydrogen (secondary N) is 1. The zero-order valence-electron chi connectivity index (χ0n) is 10.4. The van der Waals surface area contributed by atoms with Gasteiger partial charge < -0.3 is 5.32 Å². The highest BCUT2D eigenvalue weighted by Crippen LogP contribution is 2.34. The molecule has 1 atom stereocenters. The molecule has 1 unspecified atom stereocenters. The molecule has 0 saturated heterocycles. The first-order chi connectivity index (χ1) is 8.20. The van der Waals surface area contributed by atoms with Crippen molar-refractivity contribution in [1.29, 1.82) is 0 Å².